The number of imidazole rings is 1. The zero-order valence-electron chi connectivity index (χ0n) is 17.1. The van der Waals surface area contributed by atoms with Crippen molar-refractivity contribution < 1.29 is 23.4 Å². The topological polar surface area (TPSA) is 110 Å². The van der Waals surface area contributed by atoms with Crippen LogP contribution in [-0.4, -0.2) is 45.5 Å². The van der Waals surface area contributed by atoms with Crippen LogP contribution in [0.15, 0.2) is 47.5 Å². The zero-order valence-corrected chi connectivity index (χ0v) is 17.1. The summed E-state index contributed by atoms with van der Waals surface area (Å²) in [6, 6.07) is 6.82. The van der Waals surface area contributed by atoms with Crippen LogP contribution in [-0.2, 0) is 19.0 Å². The maximum absolute atomic E-state index is 13.2. The number of nitrogens with zero attached hydrogens (tertiary/aromatic N) is 3. The molecule has 1 aromatic carbocycles. The summed E-state index contributed by atoms with van der Waals surface area (Å²) >= 11 is 0. The second kappa shape index (κ2) is 8.58. The Hall–Kier alpha value is -3.08. The fourth-order valence-electron chi connectivity index (χ4n) is 3.17. The highest BCUT2D eigenvalue weighted by molar-refractivity contribution is 5.75. The molecule has 0 amide bonds. The minimum absolute atomic E-state index is 0.0500. The molecule has 4 rings (SSSR count). The predicted molar refractivity (Wildman–Crippen MR) is 108 cm³/mol. The van der Waals surface area contributed by atoms with Crippen molar-refractivity contribution in [2.45, 2.75) is 32.4 Å². The molecule has 3 aromatic rings. The van der Waals surface area contributed by atoms with Gasteiger partial charge in [0.1, 0.15) is 24.1 Å². The molecule has 1 aliphatic heterocycles. The van der Waals surface area contributed by atoms with E-state index < -0.39 is 24.5 Å². The molecule has 0 aliphatic carbocycles. The first kappa shape index (κ1) is 21.2. The second-order valence-electron chi connectivity index (χ2n) is 7.62. The van der Waals surface area contributed by atoms with Crippen LogP contribution >= 0.6 is 0 Å². The lowest BCUT2D eigenvalue weighted by Gasteiger charge is -2.17. The van der Waals surface area contributed by atoms with E-state index in [4.69, 9.17) is 19.9 Å². The van der Waals surface area contributed by atoms with Gasteiger partial charge >= 0.3 is 11.7 Å². The molecule has 0 spiro atoms. The van der Waals surface area contributed by atoms with Crippen LogP contribution in [0.2, 0.25) is 0 Å². The van der Waals surface area contributed by atoms with Crippen molar-refractivity contribution >= 4 is 11.6 Å². The molecule has 9 nitrogen and oxygen atoms in total. The van der Waals surface area contributed by atoms with E-state index in [0.717, 1.165) is 0 Å². The van der Waals surface area contributed by atoms with Crippen molar-refractivity contribution in [3.63, 3.8) is 0 Å². The van der Waals surface area contributed by atoms with E-state index in [1.54, 1.807) is 30.6 Å². The summed E-state index contributed by atoms with van der Waals surface area (Å²) in [4.78, 5) is 29.2. The molecule has 31 heavy (non-hydrogen) atoms. The van der Waals surface area contributed by atoms with Gasteiger partial charge in [-0.15, -0.1) is 0 Å². The maximum atomic E-state index is 13.2. The highest BCUT2D eigenvalue weighted by Crippen LogP contribution is 2.22. The normalized spacial score (nSPS) is 19.8. The van der Waals surface area contributed by atoms with Crippen LogP contribution in [0.25, 0.3) is 16.9 Å². The molecule has 3 atom stereocenters. The second-order valence-corrected chi connectivity index (χ2v) is 7.62. The molecule has 2 N–H and O–H groups in total. The van der Waals surface area contributed by atoms with E-state index in [0.29, 0.717) is 16.9 Å². The van der Waals surface area contributed by atoms with Crippen LogP contribution in [0.5, 0.6) is 0 Å². The quantitative estimate of drug-likeness (QED) is 0.593. The lowest BCUT2D eigenvalue weighted by molar-refractivity contribution is -0.161. The minimum atomic E-state index is -0.798. The molecule has 164 valence electrons. The number of hydrogen-bond donors (Lipinski definition) is 1. The van der Waals surface area contributed by atoms with Crippen molar-refractivity contribution in [2.24, 2.45) is 11.7 Å². The predicted octanol–water partition coefficient (Wildman–Crippen LogP) is 1.70. The van der Waals surface area contributed by atoms with Gasteiger partial charge in [-0.3, -0.25) is 13.8 Å². The Bertz CT molecular complexity index is 1140. The van der Waals surface area contributed by atoms with Crippen LogP contribution in [0.4, 0.5) is 4.39 Å². The third kappa shape index (κ3) is 4.36. The highest BCUT2D eigenvalue weighted by Gasteiger charge is 2.30. The fourth-order valence-corrected chi connectivity index (χ4v) is 3.17. The Balaban J connectivity index is 1.47. The summed E-state index contributed by atoms with van der Waals surface area (Å²) in [6.07, 6.45) is 1.67. The third-order valence-electron chi connectivity index (χ3n) is 5.08. The Labute approximate surface area is 177 Å². The molecule has 1 aliphatic rings. The summed E-state index contributed by atoms with van der Waals surface area (Å²) in [7, 11) is 0. The first-order valence-corrected chi connectivity index (χ1v) is 9.89. The van der Waals surface area contributed by atoms with Gasteiger partial charge in [-0.1, -0.05) is 13.8 Å². The molecule has 3 unspecified atom stereocenters. The van der Waals surface area contributed by atoms with E-state index in [1.807, 2.05) is 13.8 Å². The summed E-state index contributed by atoms with van der Waals surface area (Å²) in [6.45, 7) is 3.64. The van der Waals surface area contributed by atoms with Gasteiger partial charge in [0.15, 0.2) is 12.5 Å². The van der Waals surface area contributed by atoms with Crippen molar-refractivity contribution in [3.05, 3.63) is 59.0 Å². The largest absolute Gasteiger partial charge is 0.459 e. The standard InChI is InChI=1S/C21H23FN4O5/c1-12(2)19(23)20(27)30-11-18-29-10-17(31-18)25-8-7-16-24-15(9-26(16)21(25)28)13-3-5-14(22)6-4-13/h3-9,12,17-19H,10-11,23H2,1-2H3. The average Bonchev–Trinajstić information content (AvgIpc) is 3.40. The maximum Gasteiger partial charge on any atom is 0.336 e. The number of rotatable bonds is 6. The van der Waals surface area contributed by atoms with Gasteiger partial charge in [-0.2, -0.15) is 0 Å². The summed E-state index contributed by atoms with van der Waals surface area (Å²) in [5, 5.41) is 0. The number of esters is 1. The van der Waals surface area contributed by atoms with Gasteiger partial charge in [0, 0.05) is 18.0 Å². The summed E-state index contributed by atoms with van der Waals surface area (Å²) in [5.74, 6) is -0.929. The Morgan fingerprint density at radius 3 is 2.77 bits per heavy atom. The molecule has 0 bridgehead atoms. The molecule has 3 heterocycles. The van der Waals surface area contributed by atoms with Crippen LogP contribution in [0, 0.1) is 11.7 Å². The van der Waals surface area contributed by atoms with E-state index in [2.05, 4.69) is 4.98 Å². The van der Waals surface area contributed by atoms with E-state index in [-0.39, 0.29) is 30.6 Å². The first-order chi connectivity index (χ1) is 14.8. The van der Waals surface area contributed by atoms with Gasteiger partial charge in [0.25, 0.3) is 0 Å². The number of carbonyl (C=O) groups excluding carboxylic acids is 1. The van der Waals surface area contributed by atoms with Crippen LogP contribution < -0.4 is 11.4 Å². The van der Waals surface area contributed by atoms with Crippen molar-refractivity contribution in [3.8, 4) is 11.3 Å². The molecule has 1 fully saturated rings. The zero-order chi connectivity index (χ0) is 22.1. The molecule has 10 heteroatoms. The van der Waals surface area contributed by atoms with Gasteiger partial charge in [-0.05, 0) is 36.2 Å². The van der Waals surface area contributed by atoms with Crippen LogP contribution in [0.3, 0.4) is 0 Å². The van der Waals surface area contributed by atoms with Gasteiger partial charge in [-0.25, -0.2) is 14.2 Å². The molecule has 0 saturated carbocycles. The van der Waals surface area contributed by atoms with Gasteiger partial charge in [0.2, 0.25) is 0 Å². The number of fused-ring (bicyclic) bond motifs is 1. The Morgan fingerprint density at radius 2 is 2.06 bits per heavy atom. The number of carbonyl (C=O) groups is 1. The number of benzene rings is 1. The highest BCUT2D eigenvalue weighted by atomic mass is 19.1. The average molecular weight is 430 g/mol. The Morgan fingerprint density at radius 1 is 1.32 bits per heavy atom. The number of aromatic nitrogens is 3. The smallest absolute Gasteiger partial charge is 0.336 e. The fraction of sp³-hybridized carbons (Fsp3) is 0.381. The molecular weight excluding hydrogens is 407 g/mol. The number of nitrogens with two attached hydrogens (primary N) is 1. The lowest BCUT2D eigenvalue weighted by atomic mass is 10.1. The lowest BCUT2D eigenvalue weighted by Crippen LogP contribution is -2.38. The monoisotopic (exact) mass is 430 g/mol. The van der Waals surface area contributed by atoms with Crippen molar-refractivity contribution in [1.29, 1.82) is 0 Å². The van der Waals surface area contributed by atoms with Gasteiger partial charge < -0.3 is 19.9 Å². The molecular formula is C21H23FN4O5. The number of halogens is 1. The summed E-state index contributed by atoms with van der Waals surface area (Å²) in [5.41, 5.74) is 7.08. The SMILES string of the molecule is CC(C)C(N)C(=O)OCC1OCC(n2ccc3nc(-c4ccc(F)cc4)cn3c2=O)O1. The first-order valence-electron chi connectivity index (χ1n) is 9.89. The minimum Gasteiger partial charge on any atom is -0.459 e. The van der Waals surface area contributed by atoms with Crippen LogP contribution in [0.1, 0.15) is 20.1 Å². The van der Waals surface area contributed by atoms with E-state index in [9.17, 15) is 14.0 Å². The molecule has 2 aromatic heterocycles. The molecule has 1 saturated heterocycles. The van der Waals surface area contributed by atoms with Crippen molar-refractivity contribution in [1.82, 2.24) is 14.0 Å². The number of ether oxygens (including phenoxy) is 3. The molecule has 0 radical (unpaired) electrons. The van der Waals surface area contributed by atoms with Gasteiger partial charge in [0.05, 0.1) is 12.3 Å². The van der Waals surface area contributed by atoms with E-state index >= 15 is 0 Å². The van der Waals surface area contributed by atoms with Crippen molar-refractivity contribution in [2.75, 3.05) is 13.2 Å². The summed E-state index contributed by atoms with van der Waals surface area (Å²) < 4.78 is 32.3. The third-order valence-corrected chi connectivity index (χ3v) is 5.08. The van der Waals surface area contributed by atoms with E-state index in [1.165, 1.54) is 21.1 Å². The Kier molecular flexibility index (Phi) is 5.86. The number of hydrogen-bond acceptors (Lipinski definition) is 7.